The first-order valence-corrected chi connectivity index (χ1v) is 5.18. The van der Waals surface area contributed by atoms with E-state index in [1.54, 1.807) is 0 Å². The summed E-state index contributed by atoms with van der Waals surface area (Å²) in [5.41, 5.74) is -0.596. The van der Waals surface area contributed by atoms with E-state index < -0.39 is 11.5 Å². The minimum absolute atomic E-state index is 0.0919. The summed E-state index contributed by atoms with van der Waals surface area (Å²) in [6.45, 7) is 7.52. The second-order valence-corrected chi connectivity index (χ2v) is 4.25. The van der Waals surface area contributed by atoms with Gasteiger partial charge in [0.2, 0.25) is 0 Å². The largest absolute Gasteiger partial charge is 0.477 e. The van der Waals surface area contributed by atoms with Gasteiger partial charge in [0.05, 0.1) is 5.69 Å². The second-order valence-electron chi connectivity index (χ2n) is 4.25. The molecule has 88 valence electrons. The lowest BCUT2D eigenvalue weighted by molar-refractivity contribution is 0.0693. The van der Waals surface area contributed by atoms with Gasteiger partial charge in [-0.1, -0.05) is 20.8 Å². The molecule has 1 heterocycles. The summed E-state index contributed by atoms with van der Waals surface area (Å²) < 4.78 is 0. The van der Waals surface area contributed by atoms with Gasteiger partial charge in [0.1, 0.15) is 11.4 Å². The molecule has 0 spiro atoms. The molecular weight excluding hydrogens is 208 g/mol. The lowest BCUT2D eigenvalue weighted by atomic mass is 9.97. The molecule has 0 aliphatic rings. The van der Waals surface area contributed by atoms with E-state index in [1.165, 1.54) is 6.92 Å². The molecule has 5 nitrogen and oxygen atoms in total. The van der Waals surface area contributed by atoms with E-state index in [4.69, 9.17) is 5.11 Å². The van der Waals surface area contributed by atoms with Crippen LogP contribution >= 0.6 is 0 Å². The van der Waals surface area contributed by atoms with Gasteiger partial charge in [0, 0.05) is 5.92 Å². The SMILES string of the molecule is Cc1nc(C(C)C(C)C)[nH]c(=O)c1C(=O)O. The maximum Gasteiger partial charge on any atom is 0.343 e. The molecule has 0 fully saturated rings. The highest BCUT2D eigenvalue weighted by Gasteiger charge is 2.18. The van der Waals surface area contributed by atoms with Gasteiger partial charge in [0.25, 0.3) is 5.56 Å². The molecule has 0 saturated carbocycles. The summed E-state index contributed by atoms with van der Waals surface area (Å²) in [6, 6.07) is 0. The topological polar surface area (TPSA) is 83.0 Å². The summed E-state index contributed by atoms with van der Waals surface area (Å²) >= 11 is 0. The van der Waals surface area contributed by atoms with Gasteiger partial charge in [-0.2, -0.15) is 0 Å². The van der Waals surface area contributed by atoms with Crippen LogP contribution in [0.2, 0.25) is 0 Å². The lowest BCUT2D eigenvalue weighted by Gasteiger charge is -2.15. The number of rotatable bonds is 3. The summed E-state index contributed by atoms with van der Waals surface area (Å²) in [5, 5.41) is 8.83. The zero-order valence-electron chi connectivity index (χ0n) is 9.87. The highest BCUT2D eigenvalue weighted by Crippen LogP contribution is 2.19. The molecule has 1 rings (SSSR count). The minimum atomic E-state index is -1.24. The maximum absolute atomic E-state index is 11.6. The van der Waals surface area contributed by atoms with Crippen LogP contribution in [-0.2, 0) is 0 Å². The second kappa shape index (κ2) is 4.47. The number of aromatic amines is 1. The van der Waals surface area contributed by atoms with Gasteiger partial charge in [-0.25, -0.2) is 9.78 Å². The Morgan fingerprint density at radius 3 is 2.31 bits per heavy atom. The third-order valence-corrected chi connectivity index (χ3v) is 2.76. The van der Waals surface area contributed by atoms with Gasteiger partial charge < -0.3 is 10.1 Å². The van der Waals surface area contributed by atoms with Crippen molar-refractivity contribution in [1.29, 1.82) is 0 Å². The highest BCUT2D eigenvalue weighted by molar-refractivity contribution is 5.88. The minimum Gasteiger partial charge on any atom is -0.477 e. The van der Waals surface area contributed by atoms with Crippen LogP contribution in [-0.4, -0.2) is 21.0 Å². The average molecular weight is 224 g/mol. The Bertz CT molecular complexity index is 463. The fraction of sp³-hybridized carbons (Fsp3) is 0.545. The molecule has 0 radical (unpaired) electrons. The van der Waals surface area contributed by atoms with Crippen molar-refractivity contribution in [2.75, 3.05) is 0 Å². The normalized spacial score (nSPS) is 12.8. The predicted octanol–water partition coefficient (Wildman–Crippen LogP) is 1.54. The summed E-state index contributed by atoms with van der Waals surface area (Å²) in [5.74, 6) is -0.273. The van der Waals surface area contributed by atoms with E-state index in [-0.39, 0.29) is 17.2 Å². The van der Waals surface area contributed by atoms with E-state index in [9.17, 15) is 9.59 Å². The number of hydrogen-bond donors (Lipinski definition) is 2. The molecular formula is C11H16N2O3. The monoisotopic (exact) mass is 224 g/mol. The van der Waals surface area contributed by atoms with Crippen molar-refractivity contribution in [2.45, 2.75) is 33.6 Å². The quantitative estimate of drug-likeness (QED) is 0.815. The number of aromatic carboxylic acids is 1. The van der Waals surface area contributed by atoms with E-state index in [1.807, 2.05) is 20.8 Å². The van der Waals surface area contributed by atoms with Crippen LogP contribution in [0.1, 0.15) is 48.6 Å². The zero-order chi connectivity index (χ0) is 12.5. The van der Waals surface area contributed by atoms with Crippen molar-refractivity contribution in [2.24, 2.45) is 5.92 Å². The standard InChI is InChI=1S/C11H16N2O3/c1-5(2)6(3)9-12-7(4)8(11(15)16)10(14)13-9/h5-6H,1-4H3,(H,15,16)(H,12,13,14). The average Bonchev–Trinajstić information content (AvgIpc) is 2.14. The molecule has 1 atom stereocenters. The molecule has 0 aliphatic heterocycles. The molecule has 0 aromatic carbocycles. The van der Waals surface area contributed by atoms with Gasteiger partial charge in [-0.15, -0.1) is 0 Å². The van der Waals surface area contributed by atoms with Gasteiger partial charge in [-0.3, -0.25) is 4.79 Å². The van der Waals surface area contributed by atoms with Crippen LogP contribution in [0.25, 0.3) is 0 Å². The Morgan fingerprint density at radius 2 is 1.94 bits per heavy atom. The molecule has 1 aromatic rings. The van der Waals surface area contributed by atoms with E-state index in [0.717, 1.165) is 0 Å². The molecule has 1 unspecified atom stereocenters. The highest BCUT2D eigenvalue weighted by atomic mass is 16.4. The van der Waals surface area contributed by atoms with Crippen LogP contribution in [0.3, 0.4) is 0 Å². The zero-order valence-corrected chi connectivity index (χ0v) is 9.87. The molecule has 0 aliphatic carbocycles. The molecule has 16 heavy (non-hydrogen) atoms. The smallest absolute Gasteiger partial charge is 0.343 e. The van der Waals surface area contributed by atoms with Crippen LogP contribution < -0.4 is 5.56 Å². The van der Waals surface area contributed by atoms with Crippen LogP contribution in [0.4, 0.5) is 0 Å². The first kappa shape index (κ1) is 12.4. The lowest BCUT2D eigenvalue weighted by Crippen LogP contribution is -2.24. The summed E-state index contributed by atoms with van der Waals surface area (Å²) in [6.07, 6.45) is 0. The Kier molecular flexibility index (Phi) is 3.47. The molecule has 2 N–H and O–H groups in total. The Hall–Kier alpha value is -1.65. The Morgan fingerprint density at radius 1 is 1.38 bits per heavy atom. The predicted molar refractivity (Wildman–Crippen MR) is 59.8 cm³/mol. The number of aromatic nitrogens is 2. The van der Waals surface area contributed by atoms with Gasteiger partial charge >= 0.3 is 5.97 Å². The summed E-state index contributed by atoms with van der Waals surface area (Å²) in [7, 11) is 0. The molecule has 0 amide bonds. The van der Waals surface area contributed by atoms with Crippen LogP contribution in [0, 0.1) is 12.8 Å². The molecule has 5 heteroatoms. The molecule has 1 aromatic heterocycles. The number of hydrogen-bond acceptors (Lipinski definition) is 3. The Labute approximate surface area is 93.5 Å². The number of carboxylic acids is 1. The Balaban J connectivity index is 3.31. The van der Waals surface area contributed by atoms with E-state index in [0.29, 0.717) is 11.7 Å². The van der Waals surface area contributed by atoms with Crippen molar-refractivity contribution < 1.29 is 9.90 Å². The number of aryl methyl sites for hydroxylation is 1. The number of H-pyrrole nitrogens is 1. The van der Waals surface area contributed by atoms with Gasteiger partial charge in [-0.05, 0) is 12.8 Å². The van der Waals surface area contributed by atoms with Crippen molar-refractivity contribution >= 4 is 5.97 Å². The van der Waals surface area contributed by atoms with Crippen LogP contribution in [0.5, 0.6) is 0 Å². The van der Waals surface area contributed by atoms with Gasteiger partial charge in [0.15, 0.2) is 0 Å². The van der Waals surface area contributed by atoms with Crippen molar-refractivity contribution in [3.05, 3.63) is 27.4 Å². The number of nitrogens with zero attached hydrogens (tertiary/aromatic N) is 1. The first-order valence-electron chi connectivity index (χ1n) is 5.18. The number of carbonyl (C=O) groups is 1. The van der Waals surface area contributed by atoms with Crippen LogP contribution in [0.15, 0.2) is 4.79 Å². The fourth-order valence-electron chi connectivity index (χ4n) is 1.39. The van der Waals surface area contributed by atoms with E-state index in [2.05, 4.69) is 9.97 Å². The summed E-state index contributed by atoms with van der Waals surface area (Å²) in [4.78, 5) is 29.0. The van der Waals surface area contributed by atoms with E-state index >= 15 is 0 Å². The van der Waals surface area contributed by atoms with Crippen molar-refractivity contribution in [3.63, 3.8) is 0 Å². The maximum atomic E-state index is 11.6. The fourth-order valence-corrected chi connectivity index (χ4v) is 1.39. The third kappa shape index (κ3) is 2.29. The molecule has 0 saturated heterocycles. The van der Waals surface area contributed by atoms with Crippen molar-refractivity contribution in [3.8, 4) is 0 Å². The third-order valence-electron chi connectivity index (χ3n) is 2.76. The van der Waals surface area contributed by atoms with Crippen molar-refractivity contribution in [1.82, 2.24) is 9.97 Å². The number of carboxylic acid groups (broad SMARTS) is 1. The molecule has 0 bridgehead atoms. The number of nitrogens with one attached hydrogen (secondary N) is 1. The first-order chi connectivity index (χ1) is 7.34.